The van der Waals surface area contributed by atoms with Crippen molar-refractivity contribution in [2.75, 3.05) is 56.5 Å². The van der Waals surface area contributed by atoms with Crippen molar-refractivity contribution < 1.29 is 4.74 Å². The second-order valence-corrected chi connectivity index (χ2v) is 9.02. The van der Waals surface area contributed by atoms with Crippen molar-refractivity contribution in [2.24, 2.45) is 5.92 Å². The standard InChI is InChI=1S/C24H34N8O/c1-2-11-32(10-1)12-3-13-33-21-15-20(14-19-17-28-31-23(19)21)29-24-26-9-6-22(30-24)27-16-18-4-7-25-8-5-18/h6,9,14-15,17-18,25H,1-5,7-8,10-13,16H2,(H,28,31)(H2,26,27,29,30). The molecule has 9 nitrogen and oxygen atoms in total. The van der Waals surface area contributed by atoms with Gasteiger partial charge in [-0.2, -0.15) is 10.1 Å². The van der Waals surface area contributed by atoms with Crippen molar-refractivity contribution in [1.29, 1.82) is 0 Å². The van der Waals surface area contributed by atoms with Crippen LogP contribution in [0.4, 0.5) is 17.5 Å². The van der Waals surface area contributed by atoms with Gasteiger partial charge in [-0.25, -0.2) is 4.98 Å². The summed E-state index contributed by atoms with van der Waals surface area (Å²) in [6.45, 7) is 7.35. The molecule has 9 heteroatoms. The Balaban J connectivity index is 1.21. The summed E-state index contributed by atoms with van der Waals surface area (Å²) in [6.07, 6.45) is 9.66. The largest absolute Gasteiger partial charge is 0.491 e. The van der Waals surface area contributed by atoms with E-state index in [1.807, 2.05) is 24.4 Å². The highest BCUT2D eigenvalue weighted by Crippen LogP contribution is 2.30. The van der Waals surface area contributed by atoms with Gasteiger partial charge in [0.05, 0.1) is 12.8 Å². The average Bonchev–Trinajstić information content (AvgIpc) is 3.54. The molecule has 0 radical (unpaired) electrons. The molecule has 1 aromatic carbocycles. The Bertz CT molecular complexity index is 1030. The second kappa shape index (κ2) is 10.8. The van der Waals surface area contributed by atoms with E-state index in [1.165, 1.54) is 38.8 Å². The van der Waals surface area contributed by atoms with Crippen molar-refractivity contribution >= 4 is 28.4 Å². The number of hydrogen-bond acceptors (Lipinski definition) is 8. The normalized spacial score (nSPS) is 17.5. The molecule has 5 rings (SSSR count). The fraction of sp³-hybridized carbons (Fsp3) is 0.542. The number of aromatic amines is 1. The van der Waals surface area contributed by atoms with Gasteiger partial charge in [-0.05, 0) is 76.3 Å². The Morgan fingerprint density at radius 1 is 1.15 bits per heavy atom. The summed E-state index contributed by atoms with van der Waals surface area (Å²) in [5.74, 6) is 2.89. The lowest BCUT2D eigenvalue weighted by molar-refractivity contribution is 0.265. The Morgan fingerprint density at radius 3 is 2.91 bits per heavy atom. The van der Waals surface area contributed by atoms with Crippen LogP contribution < -0.4 is 20.7 Å². The highest BCUT2D eigenvalue weighted by molar-refractivity contribution is 5.88. The van der Waals surface area contributed by atoms with E-state index < -0.39 is 0 Å². The van der Waals surface area contributed by atoms with Gasteiger partial charge in [-0.15, -0.1) is 0 Å². The SMILES string of the molecule is c1cc(NCC2CCNCC2)nc(Nc2cc(OCCCN3CCCC3)c3[nH]ncc3c2)n1. The molecule has 33 heavy (non-hydrogen) atoms. The maximum Gasteiger partial charge on any atom is 0.229 e. The van der Waals surface area contributed by atoms with Gasteiger partial charge in [0, 0.05) is 36.4 Å². The monoisotopic (exact) mass is 450 g/mol. The summed E-state index contributed by atoms with van der Waals surface area (Å²) < 4.78 is 6.15. The third-order valence-electron chi connectivity index (χ3n) is 6.53. The first kappa shape index (κ1) is 21.9. The van der Waals surface area contributed by atoms with Gasteiger partial charge in [0.25, 0.3) is 0 Å². The zero-order chi connectivity index (χ0) is 22.3. The van der Waals surface area contributed by atoms with Crippen LogP contribution in [0.5, 0.6) is 5.75 Å². The van der Waals surface area contributed by atoms with Gasteiger partial charge in [0.2, 0.25) is 5.95 Å². The van der Waals surface area contributed by atoms with Crippen molar-refractivity contribution in [3.8, 4) is 5.75 Å². The van der Waals surface area contributed by atoms with E-state index in [9.17, 15) is 0 Å². The van der Waals surface area contributed by atoms with Crippen molar-refractivity contribution in [3.63, 3.8) is 0 Å². The van der Waals surface area contributed by atoms with Crippen LogP contribution in [0.2, 0.25) is 0 Å². The topological polar surface area (TPSA) is 103 Å². The zero-order valence-electron chi connectivity index (χ0n) is 19.1. The van der Waals surface area contributed by atoms with E-state index in [2.05, 4.69) is 41.0 Å². The smallest absolute Gasteiger partial charge is 0.229 e. The van der Waals surface area contributed by atoms with Gasteiger partial charge in [0.1, 0.15) is 17.1 Å². The van der Waals surface area contributed by atoms with Crippen LogP contribution in [-0.2, 0) is 0 Å². The van der Waals surface area contributed by atoms with Crippen LogP contribution in [0.15, 0.2) is 30.6 Å². The summed E-state index contributed by atoms with van der Waals surface area (Å²) in [6, 6.07) is 5.95. The number of H-pyrrole nitrogens is 1. The maximum atomic E-state index is 6.15. The zero-order valence-corrected chi connectivity index (χ0v) is 19.1. The number of nitrogens with zero attached hydrogens (tertiary/aromatic N) is 4. The van der Waals surface area contributed by atoms with E-state index in [0.29, 0.717) is 18.5 Å². The molecule has 0 spiro atoms. The maximum absolute atomic E-state index is 6.15. The number of nitrogens with one attached hydrogen (secondary N) is 4. The van der Waals surface area contributed by atoms with Gasteiger partial charge >= 0.3 is 0 Å². The van der Waals surface area contributed by atoms with Gasteiger partial charge in [-0.1, -0.05) is 0 Å². The minimum Gasteiger partial charge on any atom is -0.491 e. The van der Waals surface area contributed by atoms with Crippen molar-refractivity contribution in [1.82, 2.24) is 30.4 Å². The molecule has 0 unspecified atom stereocenters. The number of rotatable bonds is 10. The minimum absolute atomic E-state index is 0.563. The molecule has 2 aliphatic rings. The Kier molecular flexibility index (Phi) is 7.17. The first-order valence-corrected chi connectivity index (χ1v) is 12.2. The highest BCUT2D eigenvalue weighted by atomic mass is 16.5. The number of fused-ring (bicyclic) bond motifs is 1. The molecule has 176 valence electrons. The molecule has 0 bridgehead atoms. The number of hydrogen-bond donors (Lipinski definition) is 4. The molecular formula is C24H34N8O. The van der Waals surface area contributed by atoms with E-state index in [1.54, 1.807) is 6.20 Å². The Labute approximate surface area is 194 Å². The lowest BCUT2D eigenvalue weighted by Gasteiger charge is -2.23. The van der Waals surface area contributed by atoms with E-state index >= 15 is 0 Å². The highest BCUT2D eigenvalue weighted by Gasteiger charge is 2.14. The molecule has 0 aliphatic carbocycles. The van der Waals surface area contributed by atoms with Crippen LogP contribution in [0.1, 0.15) is 32.1 Å². The quantitative estimate of drug-likeness (QED) is 0.349. The fourth-order valence-corrected chi connectivity index (χ4v) is 4.67. The molecule has 3 aromatic rings. The van der Waals surface area contributed by atoms with Gasteiger partial charge in [-0.3, -0.25) is 5.10 Å². The molecule has 0 saturated carbocycles. The summed E-state index contributed by atoms with van der Waals surface area (Å²) in [5, 5.41) is 18.5. The molecule has 2 fully saturated rings. The Morgan fingerprint density at radius 2 is 2.03 bits per heavy atom. The molecule has 0 amide bonds. The predicted molar refractivity (Wildman–Crippen MR) is 131 cm³/mol. The third kappa shape index (κ3) is 5.91. The third-order valence-corrected chi connectivity index (χ3v) is 6.53. The molecule has 2 aliphatic heterocycles. The lowest BCUT2D eigenvalue weighted by Crippen LogP contribution is -2.31. The number of likely N-dealkylation sites (tertiary alicyclic amines) is 1. The van der Waals surface area contributed by atoms with Crippen LogP contribution in [-0.4, -0.2) is 70.9 Å². The first-order valence-electron chi connectivity index (χ1n) is 12.2. The molecule has 4 heterocycles. The summed E-state index contributed by atoms with van der Waals surface area (Å²) >= 11 is 0. The molecular weight excluding hydrogens is 416 g/mol. The van der Waals surface area contributed by atoms with Crippen molar-refractivity contribution in [2.45, 2.75) is 32.1 Å². The predicted octanol–water partition coefficient (Wildman–Crippen LogP) is 3.37. The summed E-state index contributed by atoms with van der Waals surface area (Å²) in [5.41, 5.74) is 1.80. The van der Waals surface area contributed by atoms with Crippen molar-refractivity contribution in [3.05, 3.63) is 30.6 Å². The fourth-order valence-electron chi connectivity index (χ4n) is 4.67. The van der Waals surface area contributed by atoms with Gasteiger partial charge < -0.3 is 25.6 Å². The number of ether oxygens (including phenoxy) is 1. The number of aromatic nitrogens is 4. The minimum atomic E-state index is 0.563. The van der Waals surface area contributed by atoms with E-state index in [-0.39, 0.29) is 0 Å². The van der Waals surface area contributed by atoms with Crippen LogP contribution in [0.25, 0.3) is 10.9 Å². The Hall–Kier alpha value is -2.91. The molecule has 4 N–H and O–H groups in total. The second-order valence-electron chi connectivity index (χ2n) is 9.02. The van der Waals surface area contributed by atoms with Gasteiger partial charge in [0.15, 0.2) is 0 Å². The molecule has 2 aromatic heterocycles. The summed E-state index contributed by atoms with van der Waals surface area (Å²) in [7, 11) is 0. The van der Waals surface area contributed by atoms with Crippen LogP contribution >= 0.6 is 0 Å². The number of piperidine rings is 1. The molecule has 2 saturated heterocycles. The number of benzene rings is 1. The first-order chi connectivity index (χ1) is 16.3. The van der Waals surface area contributed by atoms with Crippen LogP contribution in [0.3, 0.4) is 0 Å². The average molecular weight is 451 g/mol. The number of anilines is 3. The molecule has 0 atom stereocenters. The summed E-state index contributed by atoms with van der Waals surface area (Å²) in [4.78, 5) is 11.6. The van der Waals surface area contributed by atoms with E-state index in [0.717, 1.165) is 60.8 Å². The van der Waals surface area contributed by atoms with Crippen LogP contribution in [0, 0.1) is 5.92 Å². The lowest BCUT2D eigenvalue weighted by atomic mass is 9.98. The van der Waals surface area contributed by atoms with E-state index in [4.69, 9.17) is 4.74 Å².